The lowest BCUT2D eigenvalue weighted by Crippen LogP contribution is -2.14. The van der Waals surface area contributed by atoms with E-state index in [0.29, 0.717) is 11.4 Å². The highest BCUT2D eigenvalue weighted by atomic mass is 79.9. The average molecular weight is 353 g/mol. The number of carbonyl (C=O) groups is 1. The van der Waals surface area contributed by atoms with Gasteiger partial charge in [0.05, 0.1) is 27.1 Å². The summed E-state index contributed by atoms with van der Waals surface area (Å²) in [6.07, 6.45) is 0.814. The first-order valence-electron chi connectivity index (χ1n) is 6.47. The van der Waals surface area contributed by atoms with Gasteiger partial charge in [-0.25, -0.2) is 0 Å². The second-order valence-corrected chi connectivity index (χ2v) is 5.35. The molecular weight excluding hydrogens is 336 g/mol. The number of nitrogens with zero attached hydrogens (tertiary/aromatic N) is 2. The largest absolute Gasteiger partial charge is 0.484 e. The minimum Gasteiger partial charge on any atom is -0.484 e. The molecule has 0 bridgehead atoms. The second kappa shape index (κ2) is 6.17. The zero-order valence-corrected chi connectivity index (χ0v) is 13.5. The molecule has 0 radical (unpaired) electrons. The lowest BCUT2D eigenvalue weighted by Gasteiger charge is -2.12. The van der Waals surface area contributed by atoms with E-state index in [1.54, 1.807) is 22.9 Å². The van der Waals surface area contributed by atoms with Gasteiger partial charge in [-0.3, -0.25) is 9.48 Å². The van der Waals surface area contributed by atoms with Gasteiger partial charge in [0.25, 0.3) is 5.91 Å². The molecule has 1 heterocycles. The number of rotatable bonds is 5. The Morgan fingerprint density at radius 1 is 1.48 bits per heavy atom. The first kappa shape index (κ1) is 15.4. The van der Waals surface area contributed by atoms with Gasteiger partial charge in [0, 0.05) is 7.05 Å². The van der Waals surface area contributed by atoms with Crippen LogP contribution in [0.1, 0.15) is 28.7 Å². The third-order valence-corrected chi connectivity index (χ3v) is 4.08. The summed E-state index contributed by atoms with van der Waals surface area (Å²) in [5.41, 5.74) is 13.7. The topological polar surface area (TPSA) is 96.2 Å². The lowest BCUT2D eigenvalue weighted by atomic mass is 10.1. The summed E-state index contributed by atoms with van der Waals surface area (Å²) in [6, 6.07) is 4.92. The van der Waals surface area contributed by atoms with Crippen molar-refractivity contribution >= 4 is 27.5 Å². The first-order valence-corrected chi connectivity index (χ1v) is 7.26. The van der Waals surface area contributed by atoms with Gasteiger partial charge < -0.3 is 16.2 Å². The molecule has 2 aromatic rings. The lowest BCUT2D eigenvalue weighted by molar-refractivity contribution is 0.0996. The molecule has 21 heavy (non-hydrogen) atoms. The van der Waals surface area contributed by atoms with E-state index in [9.17, 15) is 4.79 Å². The maximum atomic E-state index is 11.4. The Morgan fingerprint density at radius 2 is 2.19 bits per heavy atom. The van der Waals surface area contributed by atoms with Gasteiger partial charge in [-0.1, -0.05) is 13.0 Å². The van der Waals surface area contributed by atoms with Crippen molar-refractivity contribution in [3.63, 3.8) is 0 Å². The number of hydrogen-bond acceptors (Lipinski definition) is 4. The molecule has 0 saturated carbocycles. The molecule has 7 heteroatoms. The fourth-order valence-corrected chi connectivity index (χ4v) is 2.76. The number of aromatic nitrogens is 2. The Labute approximate surface area is 131 Å². The van der Waals surface area contributed by atoms with E-state index in [4.69, 9.17) is 16.2 Å². The van der Waals surface area contributed by atoms with Crippen molar-refractivity contribution in [3.8, 4) is 5.75 Å². The van der Waals surface area contributed by atoms with Gasteiger partial charge in [-0.05, 0) is 34.5 Å². The molecule has 0 fully saturated rings. The van der Waals surface area contributed by atoms with Crippen LogP contribution in [0, 0.1) is 0 Å². The highest BCUT2D eigenvalue weighted by Crippen LogP contribution is 2.29. The standard InChI is InChI=1S/C14H17BrN4O2/c1-3-10-12(15)11(19(2)18-10)7-21-13-8(14(17)20)5-4-6-9(13)16/h4-6H,3,7,16H2,1-2H3,(H2,17,20). The monoisotopic (exact) mass is 352 g/mol. The molecular formula is C14H17BrN4O2. The SMILES string of the molecule is CCc1nn(C)c(COc2c(N)cccc2C(N)=O)c1Br. The number of primary amides is 1. The highest BCUT2D eigenvalue weighted by molar-refractivity contribution is 9.10. The third kappa shape index (κ3) is 3.02. The quantitative estimate of drug-likeness (QED) is 0.804. The Hall–Kier alpha value is -2.02. The predicted octanol–water partition coefficient (Wildman–Crippen LogP) is 2.01. The summed E-state index contributed by atoms with van der Waals surface area (Å²) >= 11 is 3.52. The molecule has 0 spiro atoms. The predicted molar refractivity (Wildman–Crippen MR) is 84.0 cm³/mol. The molecule has 1 amide bonds. The summed E-state index contributed by atoms with van der Waals surface area (Å²) in [6.45, 7) is 2.26. The number of ether oxygens (including phenoxy) is 1. The summed E-state index contributed by atoms with van der Waals surface area (Å²) < 4.78 is 8.37. The minimum absolute atomic E-state index is 0.235. The van der Waals surface area contributed by atoms with E-state index in [1.165, 1.54) is 0 Å². The van der Waals surface area contributed by atoms with Crippen LogP contribution in [-0.2, 0) is 20.1 Å². The van der Waals surface area contributed by atoms with Gasteiger partial charge in [-0.2, -0.15) is 5.10 Å². The number of benzene rings is 1. The van der Waals surface area contributed by atoms with E-state index in [1.807, 2.05) is 14.0 Å². The Kier molecular flexibility index (Phi) is 4.52. The zero-order chi connectivity index (χ0) is 15.6. The number of para-hydroxylation sites is 1. The molecule has 4 N–H and O–H groups in total. The van der Waals surface area contributed by atoms with Crippen molar-refractivity contribution in [1.29, 1.82) is 0 Å². The van der Waals surface area contributed by atoms with Crippen LogP contribution in [0.5, 0.6) is 5.75 Å². The van der Waals surface area contributed by atoms with Crippen LogP contribution in [0.4, 0.5) is 5.69 Å². The minimum atomic E-state index is -0.574. The molecule has 1 aromatic heterocycles. The van der Waals surface area contributed by atoms with Crippen molar-refractivity contribution in [3.05, 3.63) is 39.6 Å². The summed E-state index contributed by atoms with van der Waals surface area (Å²) in [4.78, 5) is 11.4. The van der Waals surface area contributed by atoms with Crippen molar-refractivity contribution in [1.82, 2.24) is 9.78 Å². The van der Waals surface area contributed by atoms with E-state index < -0.39 is 5.91 Å². The van der Waals surface area contributed by atoms with Gasteiger partial charge in [0.15, 0.2) is 5.75 Å². The number of anilines is 1. The van der Waals surface area contributed by atoms with Crippen molar-refractivity contribution in [2.24, 2.45) is 12.8 Å². The summed E-state index contributed by atoms with van der Waals surface area (Å²) in [5, 5.41) is 4.39. The van der Waals surface area contributed by atoms with Crippen LogP contribution >= 0.6 is 15.9 Å². The van der Waals surface area contributed by atoms with Crippen LogP contribution < -0.4 is 16.2 Å². The number of hydrogen-bond donors (Lipinski definition) is 2. The normalized spacial score (nSPS) is 10.6. The molecule has 2 rings (SSSR count). The van der Waals surface area contributed by atoms with Gasteiger partial charge in [-0.15, -0.1) is 0 Å². The van der Waals surface area contributed by atoms with Crippen LogP contribution in [0.3, 0.4) is 0 Å². The van der Waals surface area contributed by atoms with Gasteiger partial charge >= 0.3 is 0 Å². The molecule has 6 nitrogen and oxygen atoms in total. The van der Waals surface area contributed by atoms with Crippen LogP contribution in [0.15, 0.2) is 22.7 Å². The number of carbonyl (C=O) groups excluding carboxylic acids is 1. The molecule has 0 aliphatic rings. The fraction of sp³-hybridized carbons (Fsp3) is 0.286. The van der Waals surface area contributed by atoms with Crippen molar-refractivity contribution < 1.29 is 9.53 Å². The zero-order valence-electron chi connectivity index (χ0n) is 11.9. The van der Waals surface area contributed by atoms with E-state index in [0.717, 1.165) is 22.3 Å². The molecule has 1 aromatic carbocycles. The van der Waals surface area contributed by atoms with Gasteiger partial charge in [0.1, 0.15) is 6.61 Å². The number of aryl methyl sites for hydroxylation is 2. The Morgan fingerprint density at radius 3 is 2.76 bits per heavy atom. The maximum absolute atomic E-state index is 11.4. The molecule has 0 atom stereocenters. The van der Waals surface area contributed by atoms with E-state index in [2.05, 4.69) is 21.0 Å². The summed E-state index contributed by atoms with van der Waals surface area (Å²) in [7, 11) is 1.84. The van der Waals surface area contributed by atoms with E-state index in [-0.39, 0.29) is 12.2 Å². The van der Waals surface area contributed by atoms with Crippen molar-refractivity contribution in [2.45, 2.75) is 20.0 Å². The number of nitrogen functional groups attached to an aromatic ring is 1. The third-order valence-electron chi connectivity index (χ3n) is 3.17. The number of nitrogens with two attached hydrogens (primary N) is 2. The summed E-state index contributed by atoms with van der Waals surface area (Å²) in [5.74, 6) is -0.272. The first-order chi connectivity index (χ1) is 9.95. The molecule has 112 valence electrons. The number of amides is 1. The molecule has 0 saturated heterocycles. The Bertz CT molecular complexity index is 682. The second-order valence-electron chi connectivity index (χ2n) is 4.56. The molecule has 0 aliphatic carbocycles. The smallest absolute Gasteiger partial charge is 0.252 e. The van der Waals surface area contributed by atoms with Crippen molar-refractivity contribution in [2.75, 3.05) is 5.73 Å². The van der Waals surface area contributed by atoms with Crippen LogP contribution in [0.25, 0.3) is 0 Å². The fourth-order valence-electron chi connectivity index (χ4n) is 2.03. The maximum Gasteiger partial charge on any atom is 0.252 e. The Balaban J connectivity index is 2.29. The van der Waals surface area contributed by atoms with Crippen LogP contribution in [-0.4, -0.2) is 15.7 Å². The van der Waals surface area contributed by atoms with Crippen LogP contribution in [0.2, 0.25) is 0 Å². The number of halogens is 1. The average Bonchev–Trinajstić information content (AvgIpc) is 2.72. The molecule has 0 aliphatic heterocycles. The van der Waals surface area contributed by atoms with E-state index >= 15 is 0 Å². The highest BCUT2D eigenvalue weighted by Gasteiger charge is 2.16. The molecule has 0 unspecified atom stereocenters. The van der Waals surface area contributed by atoms with Gasteiger partial charge in [0.2, 0.25) is 0 Å².